The number of para-hydroxylation sites is 2. The monoisotopic (exact) mass is 246 g/mol. The highest BCUT2D eigenvalue weighted by Crippen LogP contribution is 2.31. The van der Waals surface area contributed by atoms with Gasteiger partial charge in [-0.15, -0.1) is 0 Å². The number of rotatable bonds is 5. The topological polar surface area (TPSA) is 29.3 Å². The minimum absolute atomic E-state index is 0.704. The maximum atomic E-state index is 6.16. The number of hydrogen-bond acceptors (Lipinski definition) is 2. The molecule has 0 spiro atoms. The van der Waals surface area contributed by atoms with E-state index in [1.807, 2.05) is 12.1 Å². The van der Waals surface area contributed by atoms with Gasteiger partial charge in [-0.1, -0.05) is 44.7 Å². The fourth-order valence-electron chi connectivity index (χ4n) is 2.97. The molecule has 100 valence electrons. The molecule has 1 fully saturated rings. The van der Waals surface area contributed by atoms with Crippen LogP contribution in [0, 0.1) is 0 Å². The highest BCUT2D eigenvalue weighted by Gasteiger charge is 2.22. The van der Waals surface area contributed by atoms with E-state index in [-0.39, 0.29) is 0 Å². The minimum Gasteiger partial charge on any atom is -0.397 e. The van der Waals surface area contributed by atoms with E-state index in [0.29, 0.717) is 6.04 Å². The molecule has 0 heterocycles. The average Bonchev–Trinajstić information content (AvgIpc) is 2.42. The summed E-state index contributed by atoms with van der Waals surface area (Å²) in [4.78, 5) is 2.57. The normalized spacial score (nSPS) is 16.7. The van der Waals surface area contributed by atoms with Crippen molar-refractivity contribution in [3.05, 3.63) is 24.3 Å². The number of nitrogens with two attached hydrogens (primary N) is 1. The van der Waals surface area contributed by atoms with Gasteiger partial charge in [0, 0.05) is 12.6 Å². The third-order valence-electron chi connectivity index (χ3n) is 4.01. The van der Waals surface area contributed by atoms with E-state index in [1.165, 1.54) is 50.6 Å². The van der Waals surface area contributed by atoms with Crippen LogP contribution >= 0.6 is 0 Å². The number of unbranched alkanes of at least 4 members (excludes halogenated alkanes) is 1. The summed E-state index contributed by atoms with van der Waals surface area (Å²) in [6.45, 7) is 3.41. The van der Waals surface area contributed by atoms with E-state index >= 15 is 0 Å². The molecule has 1 saturated carbocycles. The molecule has 0 saturated heterocycles. The molecule has 0 aliphatic heterocycles. The molecule has 2 rings (SSSR count). The smallest absolute Gasteiger partial charge is 0.0602 e. The van der Waals surface area contributed by atoms with E-state index in [1.54, 1.807) is 0 Å². The largest absolute Gasteiger partial charge is 0.397 e. The van der Waals surface area contributed by atoms with Crippen molar-refractivity contribution in [1.29, 1.82) is 0 Å². The molecule has 2 N–H and O–H groups in total. The van der Waals surface area contributed by atoms with Gasteiger partial charge >= 0.3 is 0 Å². The minimum atomic E-state index is 0.704. The highest BCUT2D eigenvalue weighted by atomic mass is 15.2. The fourth-order valence-corrected chi connectivity index (χ4v) is 2.97. The third-order valence-corrected chi connectivity index (χ3v) is 4.01. The van der Waals surface area contributed by atoms with Crippen molar-refractivity contribution >= 4 is 11.4 Å². The Kier molecular flexibility index (Phi) is 4.91. The maximum Gasteiger partial charge on any atom is 0.0602 e. The van der Waals surface area contributed by atoms with Crippen LogP contribution < -0.4 is 10.6 Å². The van der Waals surface area contributed by atoms with Crippen LogP contribution in [0.1, 0.15) is 51.9 Å². The van der Waals surface area contributed by atoms with Crippen molar-refractivity contribution in [2.45, 2.75) is 57.9 Å². The third kappa shape index (κ3) is 3.18. The summed E-state index contributed by atoms with van der Waals surface area (Å²) in [6.07, 6.45) is 9.32. The second-order valence-electron chi connectivity index (χ2n) is 5.40. The Morgan fingerprint density at radius 3 is 2.56 bits per heavy atom. The van der Waals surface area contributed by atoms with Gasteiger partial charge in [-0.3, -0.25) is 0 Å². The lowest BCUT2D eigenvalue weighted by Crippen LogP contribution is -2.38. The van der Waals surface area contributed by atoms with Gasteiger partial charge in [0.15, 0.2) is 0 Å². The first-order chi connectivity index (χ1) is 8.83. The van der Waals surface area contributed by atoms with Gasteiger partial charge in [-0.05, 0) is 31.4 Å². The summed E-state index contributed by atoms with van der Waals surface area (Å²) in [5.41, 5.74) is 8.34. The van der Waals surface area contributed by atoms with Gasteiger partial charge in [0.1, 0.15) is 0 Å². The highest BCUT2D eigenvalue weighted by molar-refractivity contribution is 5.67. The number of nitrogens with zero attached hydrogens (tertiary/aromatic N) is 1. The molecule has 1 aliphatic carbocycles. The zero-order valence-corrected chi connectivity index (χ0v) is 11.6. The molecular weight excluding hydrogens is 220 g/mol. The maximum absolute atomic E-state index is 6.16. The molecule has 0 aromatic heterocycles. The van der Waals surface area contributed by atoms with Crippen LogP contribution in [-0.4, -0.2) is 12.6 Å². The summed E-state index contributed by atoms with van der Waals surface area (Å²) < 4.78 is 0. The molecule has 2 heteroatoms. The molecular formula is C16H26N2. The van der Waals surface area contributed by atoms with Crippen LogP contribution in [0.4, 0.5) is 11.4 Å². The quantitative estimate of drug-likeness (QED) is 0.789. The van der Waals surface area contributed by atoms with Crippen LogP contribution in [0.5, 0.6) is 0 Å². The predicted octanol–water partition coefficient (Wildman–Crippen LogP) is 4.21. The van der Waals surface area contributed by atoms with E-state index in [0.717, 1.165) is 12.2 Å². The lowest BCUT2D eigenvalue weighted by Gasteiger charge is -2.37. The zero-order chi connectivity index (χ0) is 12.8. The van der Waals surface area contributed by atoms with E-state index in [4.69, 9.17) is 5.73 Å². The molecule has 0 radical (unpaired) electrons. The molecule has 1 aromatic carbocycles. The first kappa shape index (κ1) is 13.3. The van der Waals surface area contributed by atoms with E-state index in [2.05, 4.69) is 24.0 Å². The lowest BCUT2D eigenvalue weighted by molar-refractivity contribution is 0.412. The Morgan fingerprint density at radius 1 is 1.17 bits per heavy atom. The van der Waals surface area contributed by atoms with Gasteiger partial charge < -0.3 is 10.6 Å². The van der Waals surface area contributed by atoms with Crippen molar-refractivity contribution in [2.24, 2.45) is 0 Å². The van der Waals surface area contributed by atoms with Gasteiger partial charge in [0.05, 0.1) is 11.4 Å². The zero-order valence-electron chi connectivity index (χ0n) is 11.6. The Hall–Kier alpha value is -1.18. The molecule has 1 aromatic rings. The summed E-state index contributed by atoms with van der Waals surface area (Å²) in [5, 5.41) is 0. The molecule has 2 nitrogen and oxygen atoms in total. The average molecular weight is 246 g/mol. The van der Waals surface area contributed by atoms with Crippen molar-refractivity contribution in [3.8, 4) is 0 Å². The number of benzene rings is 1. The Labute approximate surface area is 111 Å². The number of nitrogen functional groups attached to an aromatic ring is 1. The van der Waals surface area contributed by atoms with Gasteiger partial charge in [0.2, 0.25) is 0 Å². The second-order valence-corrected chi connectivity index (χ2v) is 5.40. The summed E-state index contributed by atoms with van der Waals surface area (Å²) >= 11 is 0. The van der Waals surface area contributed by atoms with Crippen LogP contribution in [0.25, 0.3) is 0 Å². The van der Waals surface area contributed by atoms with Gasteiger partial charge in [-0.2, -0.15) is 0 Å². The number of hydrogen-bond donors (Lipinski definition) is 1. The summed E-state index contributed by atoms with van der Waals surface area (Å²) in [6, 6.07) is 9.04. The molecule has 18 heavy (non-hydrogen) atoms. The van der Waals surface area contributed by atoms with Gasteiger partial charge in [0.25, 0.3) is 0 Å². The van der Waals surface area contributed by atoms with Crippen molar-refractivity contribution in [2.75, 3.05) is 17.2 Å². The van der Waals surface area contributed by atoms with Gasteiger partial charge in [-0.25, -0.2) is 0 Å². The molecule has 0 amide bonds. The van der Waals surface area contributed by atoms with Crippen molar-refractivity contribution in [3.63, 3.8) is 0 Å². The van der Waals surface area contributed by atoms with Crippen molar-refractivity contribution < 1.29 is 0 Å². The Balaban J connectivity index is 2.15. The van der Waals surface area contributed by atoms with Crippen molar-refractivity contribution in [1.82, 2.24) is 0 Å². The van der Waals surface area contributed by atoms with Crippen LogP contribution in [0.3, 0.4) is 0 Å². The summed E-state index contributed by atoms with van der Waals surface area (Å²) in [5.74, 6) is 0. The Morgan fingerprint density at radius 2 is 1.89 bits per heavy atom. The predicted molar refractivity (Wildman–Crippen MR) is 80.0 cm³/mol. The van der Waals surface area contributed by atoms with E-state index < -0.39 is 0 Å². The lowest BCUT2D eigenvalue weighted by atomic mass is 9.93. The van der Waals surface area contributed by atoms with Crippen LogP contribution in [-0.2, 0) is 0 Å². The SMILES string of the molecule is CCCCN(c1ccccc1N)C1CCCCC1. The fraction of sp³-hybridized carbons (Fsp3) is 0.625. The van der Waals surface area contributed by atoms with Crippen LogP contribution in [0.15, 0.2) is 24.3 Å². The number of anilines is 2. The van der Waals surface area contributed by atoms with Crippen LogP contribution in [0.2, 0.25) is 0 Å². The molecule has 1 aliphatic rings. The molecule has 0 bridgehead atoms. The molecule has 0 atom stereocenters. The summed E-state index contributed by atoms with van der Waals surface area (Å²) in [7, 11) is 0. The Bertz CT molecular complexity index is 356. The first-order valence-electron chi connectivity index (χ1n) is 7.44. The second kappa shape index (κ2) is 6.67. The standard InChI is InChI=1S/C16H26N2/c1-2-3-13-18(14-9-5-4-6-10-14)16-12-8-7-11-15(16)17/h7-8,11-12,14H,2-6,9-10,13,17H2,1H3. The first-order valence-corrected chi connectivity index (χ1v) is 7.44. The molecule has 0 unspecified atom stereocenters. The van der Waals surface area contributed by atoms with E-state index in [9.17, 15) is 0 Å².